The number of hydrogen-bond donors (Lipinski definition) is 18. The number of thiol groups is 1. The maximum Gasteiger partial charge on any atom is 0.326 e. The molecular formula is C45H70N12O20S2. The fraction of sp³-hybridized carbons (Fsp3) is 0.622. The number of carbonyl (C=O) groups is 14. The van der Waals surface area contributed by atoms with Crippen LogP contribution in [0.2, 0.25) is 0 Å². The Labute approximate surface area is 461 Å². The van der Waals surface area contributed by atoms with Crippen LogP contribution in [-0.4, -0.2) is 208 Å². The van der Waals surface area contributed by atoms with Gasteiger partial charge in [-0.1, -0.05) is 13.8 Å². The molecule has 0 aromatic carbocycles. The largest absolute Gasteiger partial charge is 0.481 e. The van der Waals surface area contributed by atoms with Crippen molar-refractivity contribution in [1.82, 2.24) is 57.8 Å². The number of aromatic nitrogens is 2. The molecule has 0 radical (unpaired) electrons. The van der Waals surface area contributed by atoms with E-state index < -0.39 is 201 Å². The zero-order valence-electron chi connectivity index (χ0n) is 43.5. The van der Waals surface area contributed by atoms with Gasteiger partial charge in [-0.3, -0.25) is 62.3 Å². The lowest BCUT2D eigenvalue weighted by Gasteiger charge is -2.27. The van der Waals surface area contributed by atoms with E-state index in [4.69, 9.17) is 10.8 Å². The summed E-state index contributed by atoms with van der Waals surface area (Å²) >= 11 is 5.28. The van der Waals surface area contributed by atoms with Crippen LogP contribution in [0.3, 0.4) is 0 Å². The van der Waals surface area contributed by atoms with Crippen molar-refractivity contribution in [2.75, 3.05) is 24.4 Å². The van der Waals surface area contributed by atoms with Crippen LogP contribution in [-0.2, 0) is 73.5 Å². The molecule has 79 heavy (non-hydrogen) atoms. The number of H-pyrrole nitrogens is 1. The Morgan fingerprint density at radius 1 is 0.544 bits per heavy atom. The molecule has 442 valence electrons. The van der Waals surface area contributed by atoms with Crippen LogP contribution in [0.5, 0.6) is 0 Å². The Bertz CT molecular complexity index is 2310. The highest BCUT2D eigenvalue weighted by Gasteiger charge is 2.36. The van der Waals surface area contributed by atoms with Crippen LogP contribution in [0.4, 0.5) is 0 Å². The van der Waals surface area contributed by atoms with Crippen molar-refractivity contribution in [2.45, 2.75) is 145 Å². The molecule has 0 aliphatic heterocycles. The van der Waals surface area contributed by atoms with Gasteiger partial charge in [-0.25, -0.2) is 9.78 Å². The van der Waals surface area contributed by atoms with Crippen molar-refractivity contribution in [3.05, 3.63) is 18.2 Å². The first-order valence-corrected chi connectivity index (χ1v) is 26.3. The third kappa shape index (κ3) is 27.0. The fourth-order valence-electron chi connectivity index (χ4n) is 6.89. The van der Waals surface area contributed by atoms with Crippen molar-refractivity contribution >= 4 is 107 Å². The van der Waals surface area contributed by atoms with Crippen molar-refractivity contribution in [2.24, 2.45) is 11.7 Å². The molecule has 9 amide bonds. The van der Waals surface area contributed by atoms with E-state index in [0.717, 1.165) is 6.92 Å². The number of rotatable bonds is 39. The molecule has 0 spiro atoms. The molecular weight excluding hydrogens is 1090 g/mol. The third-order valence-corrected chi connectivity index (χ3v) is 12.1. The van der Waals surface area contributed by atoms with E-state index in [1.54, 1.807) is 20.1 Å². The van der Waals surface area contributed by atoms with Gasteiger partial charge in [0.15, 0.2) is 0 Å². The van der Waals surface area contributed by atoms with Gasteiger partial charge >= 0.3 is 29.8 Å². The smallest absolute Gasteiger partial charge is 0.326 e. The van der Waals surface area contributed by atoms with E-state index in [2.05, 4.69) is 70.4 Å². The van der Waals surface area contributed by atoms with Crippen LogP contribution in [0, 0.1) is 5.92 Å². The van der Waals surface area contributed by atoms with Gasteiger partial charge in [-0.15, -0.1) is 0 Å². The minimum atomic E-state index is -1.82. The van der Waals surface area contributed by atoms with E-state index in [0.29, 0.717) is 5.69 Å². The van der Waals surface area contributed by atoms with Crippen LogP contribution in [0.25, 0.3) is 0 Å². The number of nitrogens with zero attached hydrogens (tertiary/aromatic N) is 1. The number of aliphatic hydroxyl groups is 1. The first-order chi connectivity index (χ1) is 37.0. The van der Waals surface area contributed by atoms with Crippen LogP contribution in [0.1, 0.15) is 84.3 Å². The summed E-state index contributed by atoms with van der Waals surface area (Å²) in [6.07, 6.45) is -1.09. The summed E-state index contributed by atoms with van der Waals surface area (Å²) < 4.78 is 0. The molecule has 0 fully saturated rings. The van der Waals surface area contributed by atoms with E-state index >= 15 is 0 Å². The maximum absolute atomic E-state index is 13.8. The van der Waals surface area contributed by atoms with E-state index in [9.17, 15) is 92.7 Å². The Morgan fingerprint density at radius 3 is 1.33 bits per heavy atom. The Balaban J connectivity index is 3.31. The van der Waals surface area contributed by atoms with Gasteiger partial charge in [0, 0.05) is 43.3 Å². The van der Waals surface area contributed by atoms with Gasteiger partial charge < -0.3 is 89.2 Å². The monoisotopic (exact) mass is 1160 g/mol. The second kappa shape index (κ2) is 35.7. The lowest BCUT2D eigenvalue weighted by molar-refractivity contribution is -0.143. The molecule has 0 aliphatic carbocycles. The average Bonchev–Trinajstić information content (AvgIpc) is 3.89. The van der Waals surface area contributed by atoms with Crippen LogP contribution >= 0.6 is 24.4 Å². The minimum absolute atomic E-state index is 0.0425. The van der Waals surface area contributed by atoms with Gasteiger partial charge in [0.25, 0.3) is 0 Å². The number of amides is 9. The molecule has 0 saturated heterocycles. The first-order valence-electron chi connectivity index (χ1n) is 24.3. The highest BCUT2D eigenvalue weighted by Crippen LogP contribution is 2.11. The number of aliphatic carboxylic acids is 5. The van der Waals surface area contributed by atoms with Crippen molar-refractivity contribution in [1.29, 1.82) is 0 Å². The molecule has 0 bridgehead atoms. The normalized spacial score (nSPS) is 14.8. The predicted octanol–water partition coefficient (Wildman–Crippen LogP) is -5.46. The Morgan fingerprint density at radius 2 is 0.937 bits per heavy atom. The van der Waals surface area contributed by atoms with E-state index in [1.807, 2.05) is 0 Å². The number of aromatic amines is 1. The van der Waals surface area contributed by atoms with Crippen LogP contribution < -0.4 is 53.6 Å². The molecule has 1 rings (SSSR count). The van der Waals surface area contributed by atoms with Gasteiger partial charge in [0.05, 0.1) is 25.4 Å². The number of carboxylic acid groups (broad SMARTS) is 5. The first kappa shape index (κ1) is 69.4. The predicted molar refractivity (Wildman–Crippen MR) is 277 cm³/mol. The molecule has 1 aromatic rings. The number of nitrogens with two attached hydrogens (primary N) is 1. The number of hydrogen-bond acceptors (Lipinski definition) is 19. The Hall–Kier alpha value is -7.59. The highest BCUT2D eigenvalue weighted by molar-refractivity contribution is 7.98. The average molecular weight is 1160 g/mol. The second-order valence-electron chi connectivity index (χ2n) is 18.1. The topological polar surface area (TPSA) is 523 Å². The summed E-state index contributed by atoms with van der Waals surface area (Å²) in [5.41, 5.74) is 5.94. The number of carboxylic acids is 5. The van der Waals surface area contributed by atoms with Crippen molar-refractivity contribution in [3.8, 4) is 0 Å². The molecule has 0 aliphatic rings. The molecule has 34 heteroatoms. The van der Waals surface area contributed by atoms with E-state index in [-0.39, 0.29) is 30.9 Å². The number of thioether (sulfide) groups is 1. The molecule has 32 nitrogen and oxygen atoms in total. The second-order valence-corrected chi connectivity index (χ2v) is 19.5. The zero-order chi connectivity index (χ0) is 60.1. The lowest BCUT2D eigenvalue weighted by Crippen LogP contribution is -2.61. The summed E-state index contributed by atoms with van der Waals surface area (Å²) in [5.74, 6) is -17.6. The van der Waals surface area contributed by atoms with Gasteiger partial charge in [0.2, 0.25) is 53.2 Å². The lowest BCUT2D eigenvalue weighted by atomic mass is 10.0. The standard InChI is InChI=1S/C45H70N12O20S2/c1-20(2)13-29(45(76)77)55-42(73)28(14-22-16-47-19-48-22)54-43(74)30(17-58)56-36(67)21(3)49-44(75)31(18-78)57-40(71)26(7-10-34(63)64)51-39(70)25(6-9-33(61)62)52-41(72)27(11-12-79-4)53-38(69)24(5-8-32(59)60)50-37(68)23(46)15-35(65)66/h16,19-21,23-31,58,78H,5-15,17-18,46H2,1-4H3,(H,47,48)(H,49,75)(H,50,68)(H,51,70)(H,52,72)(H,53,69)(H,54,74)(H,55,73)(H,56,67)(H,57,71)(H,59,60)(H,61,62)(H,63,64)(H,65,66)(H,76,77)/t21-,23-,24-,25-,26-,27-,28-,29-,30-,31-/m0/s1. The van der Waals surface area contributed by atoms with Gasteiger partial charge in [-0.05, 0) is 57.0 Å². The quantitative estimate of drug-likeness (QED) is 0.0274. The third-order valence-electron chi connectivity index (χ3n) is 11.1. The summed E-state index contributed by atoms with van der Waals surface area (Å²) in [4.78, 5) is 185. The summed E-state index contributed by atoms with van der Waals surface area (Å²) in [6.45, 7) is 3.56. The molecule has 1 aromatic heterocycles. The molecule has 0 saturated carbocycles. The SMILES string of the molecule is CSCC[C@H](NC(=O)[C@H](CCC(=O)O)NC(=O)[C@@H](N)CC(=O)O)C(=O)N[C@@H](CCC(=O)O)C(=O)N[C@@H](CCC(=O)O)C(=O)N[C@@H](CS)C(=O)N[C@@H](C)C(=O)N[C@@H](CO)C(=O)N[C@@H](Cc1cnc[nH]1)C(=O)N[C@@H](CC(C)C)C(=O)O. The van der Waals surface area contributed by atoms with Crippen molar-refractivity contribution < 1.29 is 97.8 Å². The number of aliphatic hydroxyl groups excluding tert-OH is 1. The Kier molecular flexibility index (Phi) is 31.4. The van der Waals surface area contributed by atoms with Gasteiger partial charge in [-0.2, -0.15) is 24.4 Å². The summed E-state index contributed by atoms with van der Waals surface area (Å²) in [5, 5.41) is 77.4. The fourth-order valence-corrected chi connectivity index (χ4v) is 7.62. The molecule has 1 heterocycles. The molecule has 0 unspecified atom stereocenters. The summed E-state index contributed by atoms with van der Waals surface area (Å²) in [6, 6.07) is -16.3. The van der Waals surface area contributed by atoms with E-state index in [1.165, 1.54) is 24.3 Å². The number of imidazole rings is 1. The van der Waals surface area contributed by atoms with Gasteiger partial charge in [0.1, 0.15) is 54.4 Å². The minimum Gasteiger partial charge on any atom is -0.481 e. The van der Waals surface area contributed by atoms with Crippen LogP contribution in [0.15, 0.2) is 12.5 Å². The molecule has 18 N–H and O–H groups in total. The summed E-state index contributed by atoms with van der Waals surface area (Å²) in [7, 11) is 0. The molecule has 10 atom stereocenters. The number of nitrogens with one attached hydrogen (secondary N) is 10. The zero-order valence-corrected chi connectivity index (χ0v) is 45.2. The number of carbonyl (C=O) groups excluding carboxylic acids is 9. The highest BCUT2D eigenvalue weighted by atomic mass is 32.2. The van der Waals surface area contributed by atoms with Crippen molar-refractivity contribution in [3.63, 3.8) is 0 Å². The maximum atomic E-state index is 13.8.